The summed E-state index contributed by atoms with van der Waals surface area (Å²) in [4.78, 5) is 23.9. The summed E-state index contributed by atoms with van der Waals surface area (Å²) in [6.07, 6.45) is 2.30. The van der Waals surface area contributed by atoms with Crippen LogP contribution >= 0.6 is 0 Å². The van der Waals surface area contributed by atoms with Crippen molar-refractivity contribution in [2.45, 2.75) is 45.3 Å². The summed E-state index contributed by atoms with van der Waals surface area (Å²) >= 11 is 0. The van der Waals surface area contributed by atoms with Gasteiger partial charge in [-0.1, -0.05) is 6.92 Å². The third kappa shape index (κ3) is 6.36. The number of rotatable bonds is 8. The molecule has 3 amide bonds. The normalized spacial score (nSPS) is 17.8. The van der Waals surface area contributed by atoms with Crippen LogP contribution in [0.4, 0.5) is 16.2 Å². The first-order valence-corrected chi connectivity index (χ1v) is 8.81. The molecule has 0 spiro atoms. The number of ether oxygens (including phenoxy) is 2. The topological polar surface area (TPSA) is 88.7 Å². The summed E-state index contributed by atoms with van der Waals surface area (Å²) < 4.78 is 10.8. The summed E-state index contributed by atoms with van der Waals surface area (Å²) in [5.41, 5.74) is 1.31. The molecule has 0 radical (unpaired) electrons. The molecule has 3 N–H and O–H groups in total. The fourth-order valence-electron chi connectivity index (χ4n) is 2.63. The predicted molar refractivity (Wildman–Crippen MR) is 96.8 cm³/mol. The second kappa shape index (κ2) is 10.0. The van der Waals surface area contributed by atoms with Gasteiger partial charge >= 0.3 is 6.03 Å². The Kier molecular flexibility index (Phi) is 7.69. The van der Waals surface area contributed by atoms with E-state index in [0.29, 0.717) is 30.9 Å². The van der Waals surface area contributed by atoms with Crippen LogP contribution in [0.3, 0.4) is 0 Å². The molecular formula is C18H27N3O4. The molecule has 7 heteroatoms. The second-order valence-electron chi connectivity index (χ2n) is 5.89. The molecular weight excluding hydrogens is 322 g/mol. The summed E-state index contributed by atoms with van der Waals surface area (Å²) in [6, 6.07) is 6.69. The van der Waals surface area contributed by atoms with Crippen molar-refractivity contribution >= 4 is 23.3 Å². The molecule has 138 valence electrons. The van der Waals surface area contributed by atoms with E-state index in [9.17, 15) is 9.59 Å². The number of nitrogens with one attached hydrogen (secondary N) is 3. The minimum Gasteiger partial charge on any atom is -0.376 e. The molecule has 2 rings (SSSR count). The highest BCUT2D eigenvalue weighted by molar-refractivity contribution is 5.94. The van der Waals surface area contributed by atoms with Gasteiger partial charge in [0.15, 0.2) is 0 Å². The molecule has 0 aromatic heterocycles. The lowest BCUT2D eigenvalue weighted by Gasteiger charge is -2.15. The molecule has 2 atom stereocenters. The van der Waals surface area contributed by atoms with Crippen LogP contribution in [0.2, 0.25) is 0 Å². The fraction of sp³-hybridized carbons (Fsp3) is 0.556. The van der Waals surface area contributed by atoms with E-state index in [1.54, 1.807) is 24.3 Å². The third-order valence-electron chi connectivity index (χ3n) is 3.96. The molecule has 7 nitrogen and oxygen atoms in total. The van der Waals surface area contributed by atoms with Gasteiger partial charge in [-0.05, 0) is 50.5 Å². The first-order valence-electron chi connectivity index (χ1n) is 8.81. The Bertz CT molecular complexity index is 556. The van der Waals surface area contributed by atoms with E-state index < -0.39 is 6.10 Å². The Labute approximate surface area is 148 Å². The highest BCUT2D eigenvalue weighted by Crippen LogP contribution is 2.15. The monoisotopic (exact) mass is 349 g/mol. The van der Waals surface area contributed by atoms with Crippen molar-refractivity contribution in [3.8, 4) is 0 Å². The maximum absolute atomic E-state index is 12.1. The largest absolute Gasteiger partial charge is 0.376 e. The SMILES string of the molecule is CCO[C@H](CC)C(=O)Nc1ccc(NC(=O)NC[C@@H]2CCCO2)cc1. The molecule has 1 fully saturated rings. The standard InChI is InChI=1S/C18H27N3O4/c1-3-16(24-4-2)17(22)20-13-7-9-14(10-8-13)21-18(23)19-12-15-6-5-11-25-15/h7-10,15-16H,3-6,11-12H2,1-2H3,(H,20,22)(H2,19,21,23)/t15-,16+/m0/s1. The number of hydrogen-bond donors (Lipinski definition) is 3. The van der Waals surface area contributed by atoms with Gasteiger partial charge in [-0.15, -0.1) is 0 Å². The summed E-state index contributed by atoms with van der Waals surface area (Å²) in [5.74, 6) is -0.167. The van der Waals surface area contributed by atoms with Gasteiger partial charge in [-0.2, -0.15) is 0 Å². The van der Waals surface area contributed by atoms with Crippen molar-refractivity contribution in [2.24, 2.45) is 0 Å². The quantitative estimate of drug-likeness (QED) is 0.673. The van der Waals surface area contributed by atoms with Crippen LogP contribution in [-0.4, -0.2) is 43.9 Å². The molecule has 1 aromatic carbocycles. The maximum atomic E-state index is 12.1. The van der Waals surface area contributed by atoms with E-state index in [0.717, 1.165) is 19.4 Å². The van der Waals surface area contributed by atoms with E-state index in [2.05, 4.69) is 16.0 Å². The van der Waals surface area contributed by atoms with Crippen LogP contribution < -0.4 is 16.0 Å². The van der Waals surface area contributed by atoms with E-state index in [-0.39, 0.29) is 18.0 Å². The average Bonchev–Trinajstić information content (AvgIpc) is 3.13. The Morgan fingerprint density at radius 3 is 2.44 bits per heavy atom. The van der Waals surface area contributed by atoms with Gasteiger partial charge in [0.25, 0.3) is 5.91 Å². The number of benzene rings is 1. The molecule has 1 heterocycles. The minimum atomic E-state index is -0.452. The van der Waals surface area contributed by atoms with Crippen LogP contribution in [0.15, 0.2) is 24.3 Å². The summed E-state index contributed by atoms with van der Waals surface area (Å²) in [5, 5.41) is 8.36. The first-order chi connectivity index (χ1) is 12.1. The van der Waals surface area contributed by atoms with E-state index >= 15 is 0 Å². The Morgan fingerprint density at radius 1 is 1.20 bits per heavy atom. The molecule has 0 unspecified atom stereocenters. The number of carbonyl (C=O) groups excluding carboxylic acids is 2. The van der Waals surface area contributed by atoms with Gasteiger partial charge in [0.2, 0.25) is 0 Å². The minimum absolute atomic E-state index is 0.111. The molecule has 1 aliphatic rings. The smallest absolute Gasteiger partial charge is 0.319 e. The highest BCUT2D eigenvalue weighted by Gasteiger charge is 2.17. The van der Waals surface area contributed by atoms with Crippen LogP contribution in [0, 0.1) is 0 Å². The molecule has 0 bridgehead atoms. The van der Waals surface area contributed by atoms with Crippen molar-refractivity contribution in [1.82, 2.24) is 5.32 Å². The third-order valence-corrected chi connectivity index (χ3v) is 3.96. The van der Waals surface area contributed by atoms with Crippen LogP contribution in [0.5, 0.6) is 0 Å². The number of hydrogen-bond acceptors (Lipinski definition) is 4. The first kappa shape index (κ1) is 19.2. The number of anilines is 2. The average molecular weight is 349 g/mol. The van der Waals surface area contributed by atoms with Crippen molar-refractivity contribution in [2.75, 3.05) is 30.4 Å². The van der Waals surface area contributed by atoms with Gasteiger partial charge in [-0.3, -0.25) is 4.79 Å². The summed E-state index contributed by atoms with van der Waals surface area (Å²) in [7, 11) is 0. The second-order valence-corrected chi connectivity index (χ2v) is 5.89. The lowest BCUT2D eigenvalue weighted by molar-refractivity contribution is -0.127. The van der Waals surface area contributed by atoms with Crippen LogP contribution in [-0.2, 0) is 14.3 Å². The lowest BCUT2D eigenvalue weighted by Crippen LogP contribution is -2.35. The molecule has 1 aromatic rings. The van der Waals surface area contributed by atoms with Crippen LogP contribution in [0.25, 0.3) is 0 Å². The van der Waals surface area contributed by atoms with Crippen molar-refractivity contribution in [3.63, 3.8) is 0 Å². The van der Waals surface area contributed by atoms with Gasteiger partial charge in [-0.25, -0.2) is 4.79 Å². The molecule has 25 heavy (non-hydrogen) atoms. The van der Waals surface area contributed by atoms with Crippen molar-refractivity contribution in [3.05, 3.63) is 24.3 Å². The number of amides is 3. The van der Waals surface area contributed by atoms with Gasteiger partial charge in [0.05, 0.1) is 6.10 Å². The predicted octanol–water partition coefficient (Wildman–Crippen LogP) is 2.74. The highest BCUT2D eigenvalue weighted by atomic mass is 16.5. The van der Waals surface area contributed by atoms with Crippen LogP contribution in [0.1, 0.15) is 33.1 Å². The fourth-order valence-corrected chi connectivity index (χ4v) is 2.63. The molecule has 0 aliphatic carbocycles. The Morgan fingerprint density at radius 2 is 1.88 bits per heavy atom. The van der Waals surface area contributed by atoms with Gasteiger partial charge in [0.1, 0.15) is 6.10 Å². The van der Waals surface area contributed by atoms with E-state index in [1.807, 2.05) is 13.8 Å². The van der Waals surface area contributed by atoms with Crippen molar-refractivity contribution in [1.29, 1.82) is 0 Å². The zero-order valence-electron chi connectivity index (χ0n) is 14.8. The Hall–Kier alpha value is -2.12. The molecule has 1 saturated heterocycles. The van der Waals surface area contributed by atoms with Gasteiger partial charge in [0, 0.05) is 31.1 Å². The van der Waals surface area contributed by atoms with Crippen molar-refractivity contribution < 1.29 is 19.1 Å². The maximum Gasteiger partial charge on any atom is 0.319 e. The van der Waals surface area contributed by atoms with E-state index in [1.165, 1.54) is 0 Å². The molecule has 0 saturated carbocycles. The number of carbonyl (C=O) groups is 2. The van der Waals surface area contributed by atoms with Gasteiger partial charge < -0.3 is 25.4 Å². The summed E-state index contributed by atoms with van der Waals surface area (Å²) in [6.45, 7) is 5.54. The Balaban J connectivity index is 1.78. The lowest BCUT2D eigenvalue weighted by atomic mass is 10.2. The zero-order chi connectivity index (χ0) is 18.1. The van der Waals surface area contributed by atoms with E-state index in [4.69, 9.17) is 9.47 Å². The zero-order valence-corrected chi connectivity index (χ0v) is 14.8. The number of urea groups is 1. The molecule has 1 aliphatic heterocycles.